The molecule has 1 aromatic heterocycles. The van der Waals surface area contributed by atoms with E-state index in [1.54, 1.807) is 4.90 Å². The fourth-order valence-corrected chi connectivity index (χ4v) is 2.56. The summed E-state index contributed by atoms with van der Waals surface area (Å²) >= 11 is 0. The molecule has 20 heavy (non-hydrogen) atoms. The molecule has 6 nitrogen and oxygen atoms in total. The zero-order valence-corrected chi connectivity index (χ0v) is 12.8. The van der Waals surface area contributed by atoms with Crippen LogP contribution >= 0.6 is 0 Å². The van der Waals surface area contributed by atoms with Crippen LogP contribution in [0, 0.1) is 6.92 Å². The van der Waals surface area contributed by atoms with E-state index in [4.69, 9.17) is 4.52 Å². The standard InChI is InChI=1S/C14H24N4O2/c1-11-9-13(15-20-11)10-17-5-7-18(8-6-17)12(2)14(19)16(3)4/h9,12H,5-8,10H2,1-4H3. The number of amides is 1. The largest absolute Gasteiger partial charge is 0.361 e. The predicted octanol–water partition coefficient (Wildman–Crippen LogP) is 0.577. The van der Waals surface area contributed by atoms with Gasteiger partial charge in [0.1, 0.15) is 5.76 Å². The van der Waals surface area contributed by atoms with Crippen LogP contribution in [0.25, 0.3) is 0 Å². The van der Waals surface area contributed by atoms with Crippen LogP contribution in [0.5, 0.6) is 0 Å². The Morgan fingerprint density at radius 3 is 2.55 bits per heavy atom. The molecule has 0 radical (unpaired) electrons. The van der Waals surface area contributed by atoms with E-state index in [1.165, 1.54) is 0 Å². The average molecular weight is 280 g/mol. The number of nitrogens with zero attached hydrogens (tertiary/aromatic N) is 4. The van der Waals surface area contributed by atoms with Gasteiger partial charge in [-0.3, -0.25) is 14.6 Å². The van der Waals surface area contributed by atoms with Crippen molar-refractivity contribution in [2.24, 2.45) is 0 Å². The molecule has 1 amide bonds. The summed E-state index contributed by atoms with van der Waals surface area (Å²) in [4.78, 5) is 18.2. The molecule has 1 aromatic rings. The molecule has 1 saturated heterocycles. The van der Waals surface area contributed by atoms with Crippen LogP contribution in [-0.2, 0) is 11.3 Å². The highest BCUT2D eigenvalue weighted by molar-refractivity contribution is 5.80. The third kappa shape index (κ3) is 3.58. The van der Waals surface area contributed by atoms with Gasteiger partial charge in [0.05, 0.1) is 11.7 Å². The van der Waals surface area contributed by atoms with Gasteiger partial charge in [0, 0.05) is 52.9 Å². The van der Waals surface area contributed by atoms with Crippen LogP contribution < -0.4 is 0 Å². The SMILES string of the molecule is Cc1cc(CN2CCN(C(C)C(=O)N(C)C)CC2)no1. The Morgan fingerprint density at radius 2 is 2.05 bits per heavy atom. The number of hydrogen-bond acceptors (Lipinski definition) is 5. The summed E-state index contributed by atoms with van der Waals surface area (Å²) in [5.41, 5.74) is 0.980. The lowest BCUT2D eigenvalue weighted by atomic mass is 10.2. The molecule has 112 valence electrons. The number of piperazine rings is 1. The highest BCUT2D eigenvalue weighted by atomic mass is 16.5. The summed E-state index contributed by atoms with van der Waals surface area (Å²) in [7, 11) is 3.62. The summed E-state index contributed by atoms with van der Waals surface area (Å²) < 4.78 is 5.09. The Bertz CT molecular complexity index is 450. The number of aromatic nitrogens is 1. The number of likely N-dealkylation sites (N-methyl/N-ethyl adjacent to an activating group) is 1. The van der Waals surface area contributed by atoms with Gasteiger partial charge in [0.2, 0.25) is 5.91 Å². The van der Waals surface area contributed by atoms with E-state index in [0.717, 1.165) is 44.2 Å². The molecular weight excluding hydrogens is 256 g/mol. The number of rotatable bonds is 4. The van der Waals surface area contributed by atoms with Gasteiger partial charge in [-0.05, 0) is 13.8 Å². The fraction of sp³-hybridized carbons (Fsp3) is 0.714. The predicted molar refractivity (Wildman–Crippen MR) is 76.2 cm³/mol. The van der Waals surface area contributed by atoms with Gasteiger partial charge < -0.3 is 9.42 Å². The highest BCUT2D eigenvalue weighted by Crippen LogP contribution is 2.11. The molecule has 1 unspecified atom stereocenters. The van der Waals surface area contributed by atoms with Crippen molar-refractivity contribution in [3.63, 3.8) is 0 Å². The van der Waals surface area contributed by atoms with Crippen LogP contribution in [0.15, 0.2) is 10.6 Å². The smallest absolute Gasteiger partial charge is 0.239 e. The van der Waals surface area contributed by atoms with Gasteiger partial charge in [-0.25, -0.2) is 0 Å². The number of hydrogen-bond donors (Lipinski definition) is 0. The third-order valence-corrected chi connectivity index (χ3v) is 3.82. The lowest BCUT2D eigenvalue weighted by molar-refractivity contribution is -0.134. The van der Waals surface area contributed by atoms with Gasteiger partial charge in [-0.2, -0.15) is 0 Å². The molecule has 1 aliphatic heterocycles. The van der Waals surface area contributed by atoms with E-state index in [1.807, 2.05) is 34.0 Å². The Labute approximate surface area is 120 Å². The van der Waals surface area contributed by atoms with E-state index in [0.29, 0.717) is 0 Å². The zero-order chi connectivity index (χ0) is 14.7. The second-order valence-corrected chi connectivity index (χ2v) is 5.65. The number of carbonyl (C=O) groups is 1. The van der Waals surface area contributed by atoms with Crippen molar-refractivity contribution >= 4 is 5.91 Å². The quantitative estimate of drug-likeness (QED) is 0.807. The third-order valence-electron chi connectivity index (χ3n) is 3.82. The summed E-state index contributed by atoms with van der Waals surface area (Å²) in [5, 5.41) is 4.02. The molecule has 2 rings (SSSR count). The van der Waals surface area contributed by atoms with Gasteiger partial charge in [-0.15, -0.1) is 0 Å². The first-order valence-corrected chi connectivity index (χ1v) is 7.07. The Balaban J connectivity index is 1.81. The van der Waals surface area contributed by atoms with Crippen molar-refractivity contribution in [2.45, 2.75) is 26.4 Å². The number of carbonyl (C=O) groups excluding carboxylic acids is 1. The minimum Gasteiger partial charge on any atom is -0.361 e. The van der Waals surface area contributed by atoms with Crippen molar-refractivity contribution in [3.8, 4) is 0 Å². The molecular formula is C14H24N4O2. The van der Waals surface area contributed by atoms with E-state index < -0.39 is 0 Å². The second-order valence-electron chi connectivity index (χ2n) is 5.65. The maximum absolute atomic E-state index is 12.0. The maximum atomic E-state index is 12.0. The van der Waals surface area contributed by atoms with Gasteiger partial charge >= 0.3 is 0 Å². The van der Waals surface area contributed by atoms with E-state index in [2.05, 4.69) is 15.0 Å². The minimum absolute atomic E-state index is 0.0403. The molecule has 0 aromatic carbocycles. The van der Waals surface area contributed by atoms with Crippen molar-refractivity contribution in [3.05, 3.63) is 17.5 Å². The first-order chi connectivity index (χ1) is 9.47. The molecule has 6 heteroatoms. The minimum atomic E-state index is -0.0403. The lowest BCUT2D eigenvalue weighted by Crippen LogP contribution is -2.53. The molecule has 0 spiro atoms. The zero-order valence-electron chi connectivity index (χ0n) is 12.8. The summed E-state index contributed by atoms with van der Waals surface area (Å²) in [6, 6.07) is 1.94. The van der Waals surface area contributed by atoms with Crippen molar-refractivity contribution in [1.29, 1.82) is 0 Å². The Kier molecular flexibility index (Phi) is 4.77. The molecule has 0 saturated carbocycles. The summed E-state index contributed by atoms with van der Waals surface area (Å²) in [6.45, 7) is 8.45. The van der Waals surface area contributed by atoms with Crippen molar-refractivity contribution < 1.29 is 9.32 Å². The topological polar surface area (TPSA) is 52.8 Å². The van der Waals surface area contributed by atoms with Crippen molar-refractivity contribution in [1.82, 2.24) is 19.9 Å². The summed E-state index contributed by atoms with van der Waals surface area (Å²) in [6.07, 6.45) is 0. The van der Waals surface area contributed by atoms with Crippen LogP contribution in [0.2, 0.25) is 0 Å². The van der Waals surface area contributed by atoms with Crippen molar-refractivity contribution in [2.75, 3.05) is 40.3 Å². The average Bonchev–Trinajstić information content (AvgIpc) is 2.83. The Morgan fingerprint density at radius 1 is 1.40 bits per heavy atom. The Hall–Kier alpha value is -1.40. The molecule has 1 aliphatic rings. The van der Waals surface area contributed by atoms with Crippen LogP contribution in [0.4, 0.5) is 0 Å². The van der Waals surface area contributed by atoms with E-state index >= 15 is 0 Å². The molecule has 0 bridgehead atoms. The first kappa shape index (κ1) is 15.0. The maximum Gasteiger partial charge on any atom is 0.239 e. The summed E-state index contributed by atoms with van der Waals surface area (Å²) in [5.74, 6) is 1.02. The lowest BCUT2D eigenvalue weighted by Gasteiger charge is -2.37. The second kappa shape index (κ2) is 6.37. The highest BCUT2D eigenvalue weighted by Gasteiger charge is 2.26. The molecule has 1 fully saturated rings. The van der Waals surface area contributed by atoms with E-state index in [9.17, 15) is 4.79 Å². The monoisotopic (exact) mass is 280 g/mol. The van der Waals surface area contributed by atoms with Gasteiger partial charge in [-0.1, -0.05) is 5.16 Å². The van der Waals surface area contributed by atoms with Gasteiger partial charge in [0.15, 0.2) is 0 Å². The number of aryl methyl sites for hydroxylation is 1. The van der Waals surface area contributed by atoms with Crippen LogP contribution in [-0.4, -0.2) is 72.1 Å². The van der Waals surface area contributed by atoms with Gasteiger partial charge in [0.25, 0.3) is 0 Å². The molecule has 0 aliphatic carbocycles. The van der Waals surface area contributed by atoms with E-state index in [-0.39, 0.29) is 11.9 Å². The first-order valence-electron chi connectivity index (χ1n) is 7.07. The van der Waals surface area contributed by atoms with Crippen LogP contribution in [0.1, 0.15) is 18.4 Å². The molecule has 1 atom stereocenters. The van der Waals surface area contributed by atoms with Crippen LogP contribution in [0.3, 0.4) is 0 Å². The molecule has 0 N–H and O–H groups in total. The molecule has 2 heterocycles. The normalized spacial score (nSPS) is 19.0. The fourth-order valence-electron chi connectivity index (χ4n) is 2.56.